The number of benzene rings is 2. The van der Waals surface area contributed by atoms with Gasteiger partial charge in [0.05, 0.1) is 26.5 Å². The summed E-state index contributed by atoms with van der Waals surface area (Å²) in [5.41, 5.74) is 1.59. The Hall–Kier alpha value is -3.13. The molecular weight excluding hydrogens is 376 g/mol. The normalized spacial score (nSPS) is 11.2. The van der Waals surface area contributed by atoms with E-state index < -0.39 is 0 Å². The van der Waals surface area contributed by atoms with Crippen LogP contribution in [-0.2, 0) is 0 Å². The van der Waals surface area contributed by atoms with Crippen LogP contribution in [0.25, 0.3) is 11.4 Å². The van der Waals surface area contributed by atoms with Gasteiger partial charge in [0.1, 0.15) is 5.75 Å². The monoisotopic (exact) mass is 398 g/mol. The lowest BCUT2D eigenvalue weighted by molar-refractivity contribution is 0.242. The maximum atomic E-state index is 5.77. The Bertz CT molecular complexity index is 1040. The lowest BCUT2D eigenvalue weighted by atomic mass is 10.2. The van der Waals surface area contributed by atoms with E-state index in [1.54, 1.807) is 25.1 Å². The summed E-state index contributed by atoms with van der Waals surface area (Å²) < 4.78 is 18.5. The zero-order valence-corrected chi connectivity index (χ0v) is 17.0. The van der Waals surface area contributed by atoms with Crippen LogP contribution in [-0.4, -0.2) is 41.4 Å². The lowest BCUT2D eigenvalue weighted by Crippen LogP contribution is -2.05. The molecule has 7 nitrogen and oxygen atoms in total. The van der Waals surface area contributed by atoms with Crippen molar-refractivity contribution in [1.82, 2.24) is 14.9 Å². The molecule has 0 radical (unpaired) electrons. The highest BCUT2D eigenvalue weighted by molar-refractivity contribution is 7.71. The van der Waals surface area contributed by atoms with Crippen LogP contribution in [0.3, 0.4) is 0 Å². The quantitative estimate of drug-likeness (QED) is 0.475. The Morgan fingerprint density at radius 3 is 2.64 bits per heavy atom. The second-order valence-corrected chi connectivity index (χ2v) is 6.57. The molecular formula is C20H22N4O3S. The largest absolute Gasteiger partial charge is 0.493 e. The molecule has 0 unspecified atom stereocenters. The molecule has 0 atom stereocenters. The van der Waals surface area contributed by atoms with Crippen molar-refractivity contribution in [3.05, 3.63) is 52.8 Å². The molecule has 0 bridgehead atoms. The van der Waals surface area contributed by atoms with Gasteiger partial charge in [0.2, 0.25) is 4.77 Å². The topological polar surface area (TPSA) is 73.7 Å². The average molecular weight is 398 g/mol. The zero-order valence-electron chi connectivity index (χ0n) is 16.2. The SMILES string of the molecule is COc1cccc(/C=N/n2c(-c3cccc(OC(C)C)c3)n[nH]c2=S)c1OC. The molecule has 0 aliphatic rings. The summed E-state index contributed by atoms with van der Waals surface area (Å²) >= 11 is 5.34. The van der Waals surface area contributed by atoms with Crippen molar-refractivity contribution in [1.29, 1.82) is 0 Å². The van der Waals surface area contributed by atoms with E-state index in [1.807, 2.05) is 56.3 Å². The Kier molecular flexibility index (Phi) is 6.10. The number of para-hydroxylation sites is 1. The van der Waals surface area contributed by atoms with Crippen LogP contribution in [0.4, 0.5) is 0 Å². The molecule has 0 aliphatic heterocycles. The maximum Gasteiger partial charge on any atom is 0.216 e. The van der Waals surface area contributed by atoms with E-state index in [9.17, 15) is 0 Å². The lowest BCUT2D eigenvalue weighted by Gasteiger charge is -2.11. The van der Waals surface area contributed by atoms with Gasteiger partial charge in [0, 0.05) is 11.1 Å². The van der Waals surface area contributed by atoms with Gasteiger partial charge < -0.3 is 14.2 Å². The molecule has 2 aromatic carbocycles. The van der Waals surface area contributed by atoms with Crippen LogP contribution >= 0.6 is 12.2 Å². The van der Waals surface area contributed by atoms with Crippen LogP contribution in [0.15, 0.2) is 47.6 Å². The number of methoxy groups -OCH3 is 2. The Morgan fingerprint density at radius 2 is 1.93 bits per heavy atom. The third kappa shape index (κ3) is 4.23. The molecule has 146 valence electrons. The van der Waals surface area contributed by atoms with E-state index in [2.05, 4.69) is 15.3 Å². The van der Waals surface area contributed by atoms with E-state index in [1.165, 1.54) is 0 Å². The summed E-state index contributed by atoms with van der Waals surface area (Å²) in [6.45, 7) is 3.96. The molecule has 0 amide bonds. The minimum atomic E-state index is 0.0783. The van der Waals surface area contributed by atoms with Gasteiger partial charge in [0.15, 0.2) is 17.3 Å². The molecule has 8 heteroatoms. The number of nitrogens with zero attached hydrogens (tertiary/aromatic N) is 3. The highest BCUT2D eigenvalue weighted by Crippen LogP contribution is 2.29. The second kappa shape index (κ2) is 8.71. The average Bonchev–Trinajstić information content (AvgIpc) is 3.06. The van der Waals surface area contributed by atoms with Crippen LogP contribution in [0.2, 0.25) is 0 Å². The second-order valence-electron chi connectivity index (χ2n) is 6.19. The van der Waals surface area contributed by atoms with Crippen molar-refractivity contribution in [2.75, 3.05) is 14.2 Å². The van der Waals surface area contributed by atoms with Crippen molar-refractivity contribution in [3.8, 4) is 28.6 Å². The fraction of sp³-hybridized carbons (Fsp3) is 0.250. The number of aromatic amines is 1. The van der Waals surface area contributed by atoms with Crippen LogP contribution in [0.5, 0.6) is 17.2 Å². The van der Waals surface area contributed by atoms with Gasteiger partial charge in [-0.05, 0) is 50.3 Å². The molecule has 0 spiro atoms. The fourth-order valence-electron chi connectivity index (χ4n) is 2.70. The molecule has 0 aliphatic carbocycles. The van der Waals surface area contributed by atoms with E-state index in [0.29, 0.717) is 22.1 Å². The summed E-state index contributed by atoms with van der Waals surface area (Å²) in [5.74, 6) is 2.56. The summed E-state index contributed by atoms with van der Waals surface area (Å²) in [6.07, 6.45) is 1.74. The van der Waals surface area contributed by atoms with Gasteiger partial charge in [-0.15, -0.1) is 0 Å². The first-order chi connectivity index (χ1) is 13.5. The Labute approximate surface area is 168 Å². The number of hydrogen-bond acceptors (Lipinski definition) is 6. The summed E-state index contributed by atoms with van der Waals surface area (Å²) in [7, 11) is 3.18. The van der Waals surface area contributed by atoms with E-state index in [4.69, 9.17) is 26.4 Å². The third-order valence-electron chi connectivity index (χ3n) is 3.86. The van der Waals surface area contributed by atoms with E-state index in [-0.39, 0.29) is 6.10 Å². The molecule has 0 saturated carbocycles. The standard InChI is InChI=1S/C20H22N4O3S/c1-13(2)27-16-9-5-7-14(11-16)19-22-23-20(28)24(19)21-12-15-8-6-10-17(25-3)18(15)26-4/h5-13H,1-4H3,(H,23,28)/b21-12+. The number of nitrogens with one attached hydrogen (secondary N) is 1. The van der Waals surface area contributed by atoms with Crippen LogP contribution in [0.1, 0.15) is 19.4 Å². The van der Waals surface area contributed by atoms with Crippen molar-refractivity contribution >= 4 is 18.4 Å². The molecule has 28 heavy (non-hydrogen) atoms. The first-order valence-electron chi connectivity index (χ1n) is 8.73. The van der Waals surface area contributed by atoms with Crippen molar-refractivity contribution in [3.63, 3.8) is 0 Å². The minimum absolute atomic E-state index is 0.0783. The molecule has 1 N–H and O–H groups in total. The maximum absolute atomic E-state index is 5.77. The van der Waals surface area contributed by atoms with Gasteiger partial charge in [-0.3, -0.25) is 0 Å². The zero-order chi connectivity index (χ0) is 20.1. The number of rotatable bonds is 7. The number of aromatic nitrogens is 3. The number of ether oxygens (including phenoxy) is 3. The van der Waals surface area contributed by atoms with E-state index in [0.717, 1.165) is 16.9 Å². The Morgan fingerprint density at radius 1 is 1.14 bits per heavy atom. The molecule has 3 aromatic rings. The van der Waals surface area contributed by atoms with E-state index >= 15 is 0 Å². The molecule has 1 heterocycles. The molecule has 3 rings (SSSR count). The predicted octanol–water partition coefficient (Wildman–Crippen LogP) is 4.29. The molecule has 0 fully saturated rings. The first kappa shape index (κ1) is 19.6. The van der Waals surface area contributed by atoms with Crippen LogP contribution in [0, 0.1) is 4.77 Å². The van der Waals surface area contributed by atoms with Gasteiger partial charge >= 0.3 is 0 Å². The van der Waals surface area contributed by atoms with Gasteiger partial charge in [0.25, 0.3) is 0 Å². The van der Waals surface area contributed by atoms with Gasteiger partial charge in [-0.25, -0.2) is 5.10 Å². The molecule has 0 saturated heterocycles. The molecule has 1 aromatic heterocycles. The van der Waals surface area contributed by atoms with Crippen molar-refractivity contribution in [2.24, 2.45) is 5.10 Å². The number of H-pyrrole nitrogens is 1. The first-order valence-corrected chi connectivity index (χ1v) is 9.14. The predicted molar refractivity (Wildman–Crippen MR) is 111 cm³/mol. The fourth-order valence-corrected chi connectivity index (χ4v) is 2.88. The van der Waals surface area contributed by atoms with Crippen molar-refractivity contribution < 1.29 is 14.2 Å². The van der Waals surface area contributed by atoms with Gasteiger partial charge in [-0.2, -0.15) is 14.9 Å². The number of hydrogen-bond donors (Lipinski definition) is 1. The highest BCUT2D eigenvalue weighted by atomic mass is 32.1. The third-order valence-corrected chi connectivity index (χ3v) is 4.12. The van der Waals surface area contributed by atoms with Gasteiger partial charge in [-0.1, -0.05) is 18.2 Å². The summed E-state index contributed by atoms with van der Waals surface area (Å²) in [5, 5.41) is 11.6. The van der Waals surface area contributed by atoms with Crippen LogP contribution < -0.4 is 14.2 Å². The minimum Gasteiger partial charge on any atom is -0.493 e. The smallest absolute Gasteiger partial charge is 0.216 e. The summed E-state index contributed by atoms with van der Waals surface area (Å²) in [4.78, 5) is 0. The Balaban J connectivity index is 1.99. The van der Waals surface area contributed by atoms with Crippen molar-refractivity contribution in [2.45, 2.75) is 20.0 Å². The highest BCUT2D eigenvalue weighted by Gasteiger charge is 2.11. The summed E-state index contributed by atoms with van der Waals surface area (Å²) in [6, 6.07) is 13.2.